The molecule has 11 nitrogen and oxygen atoms in total. The number of aliphatic hydroxyl groups excluding tert-OH is 2. The largest absolute Gasteiger partial charge is 0.508 e. The van der Waals surface area contributed by atoms with E-state index in [0.29, 0.717) is 6.54 Å². The van der Waals surface area contributed by atoms with E-state index >= 15 is 0 Å². The molecule has 0 bridgehead atoms. The molecule has 0 spiro atoms. The number of rotatable bonds is 6. The van der Waals surface area contributed by atoms with Gasteiger partial charge in [0.1, 0.15) is 29.7 Å². The van der Waals surface area contributed by atoms with Gasteiger partial charge in [0, 0.05) is 19.5 Å². The van der Waals surface area contributed by atoms with Crippen molar-refractivity contribution in [3.8, 4) is 5.75 Å². The summed E-state index contributed by atoms with van der Waals surface area (Å²) in [6.07, 6.45) is -5.81. The minimum atomic E-state index is -2.26. The van der Waals surface area contributed by atoms with E-state index in [9.17, 15) is 25.5 Å². The zero-order chi connectivity index (χ0) is 24.0. The molecule has 0 amide bonds. The number of aromatic hydroxyl groups is 1. The van der Waals surface area contributed by atoms with Crippen LogP contribution in [0.3, 0.4) is 0 Å². The highest BCUT2D eigenvalue weighted by molar-refractivity contribution is 5.27. The summed E-state index contributed by atoms with van der Waals surface area (Å²) in [7, 11) is 3.26. The summed E-state index contributed by atoms with van der Waals surface area (Å²) in [6, 6.07) is 5.33. The van der Waals surface area contributed by atoms with Gasteiger partial charge in [0.05, 0.1) is 24.3 Å². The number of hydrogen-bond donors (Lipinski definition) is 8. The topological polar surface area (TPSA) is 165 Å². The minimum absolute atomic E-state index is 0.0570. The van der Waals surface area contributed by atoms with Gasteiger partial charge in [-0.15, -0.1) is 0 Å². The molecule has 2 aliphatic heterocycles. The second kappa shape index (κ2) is 9.34. The number of fused-ring (bicyclic) bond motifs is 2. The molecular formula is C22H35N3O8. The molecule has 11 heteroatoms. The van der Waals surface area contributed by atoms with Crippen LogP contribution in [0.15, 0.2) is 24.3 Å². The number of hydrogen-bond acceptors (Lipinski definition) is 11. The van der Waals surface area contributed by atoms with Crippen molar-refractivity contribution < 1.29 is 39.7 Å². The number of phenols is 1. The molecule has 1 aliphatic carbocycles. The van der Waals surface area contributed by atoms with Crippen LogP contribution in [0, 0.1) is 0 Å². The first-order valence-electron chi connectivity index (χ1n) is 11.3. The number of benzene rings is 1. The Balaban J connectivity index is 1.57. The first kappa shape index (κ1) is 24.7. The van der Waals surface area contributed by atoms with Crippen LogP contribution in [0.5, 0.6) is 5.75 Å². The molecule has 2 heterocycles. The zero-order valence-corrected chi connectivity index (χ0v) is 19.0. The van der Waals surface area contributed by atoms with Crippen molar-refractivity contribution in [3.63, 3.8) is 0 Å². The predicted octanol–water partition coefficient (Wildman–Crippen LogP) is -2.27. The molecule has 186 valence electrons. The summed E-state index contributed by atoms with van der Waals surface area (Å²) in [6.45, 7) is 2.03. The zero-order valence-electron chi connectivity index (χ0n) is 19.0. The van der Waals surface area contributed by atoms with Gasteiger partial charge in [0.2, 0.25) is 12.1 Å². The molecule has 3 aliphatic rings. The normalized spacial score (nSPS) is 45.3. The maximum atomic E-state index is 11.6. The highest BCUT2D eigenvalue weighted by atomic mass is 16.8. The Hall–Kier alpha value is -1.38. The Labute approximate surface area is 192 Å². The summed E-state index contributed by atoms with van der Waals surface area (Å²) in [4.78, 5) is 0. The van der Waals surface area contributed by atoms with Gasteiger partial charge in [-0.2, -0.15) is 0 Å². The average Bonchev–Trinajstić information content (AvgIpc) is 2.75. The van der Waals surface area contributed by atoms with Crippen LogP contribution < -0.4 is 16.0 Å². The molecule has 10 atom stereocenters. The van der Waals surface area contributed by atoms with Gasteiger partial charge >= 0.3 is 0 Å². The fraction of sp³-hybridized carbons (Fsp3) is 0.727. The number of ether oxygens (including phenoxy) is 3. The Bertz CT molecular complexity index is 833. The standard InChI is InChI=1S/C22H35N3O8/c1-11-8-21(29,10-25-9-12-5-4-6-13(26)7-12)22(30)20(31-11)32-19-17(28)14(23-2)16(27)15(24-3)18(19)33-22/h4-7,11,14-20,23-30H,8-10H2,1-3H3/t11-,14-,15+,16+,17+,18?,19?,20?,21-,22-/m1/s1. The third kappa shape index (κ3) is 4.27. The summed E-state index contributed by atoms with van der Waals surface area (Å²) >= 11 is 0. The number of aliphatic hydroxyl groups is 4. The maximum Gasteiger partial charge on any atom is 0.249 e. The van der Waals surface area contributed by atoms with E-state index in [1.807, 2.05) is 6.07 Å². The van der Waals surface area contributed by atoms with E-state index in [0.717, 1.165) is 5.56 Å². The summed E-state index contributed by atoms with van der Waals surface area (Å²) in [5, 5.41) is 63.4. The van der Waals surface area contributed by atoms with Gasteiger partial charge in [-0.1, -0.05) is 12.1 Å². The lowest BCUT2D eigenvalue weighted by Gasteiger charge is -2.60. The first-order valence-corrected chi connectivity index (χ1v) is 11.3. The molecule has 3 unspecified atom stereocenters. The van der Waals surface area contributed by atoms with E-state index in [1.165, 1.54) is 0 Å². The second-order valence-electron chi connectivity index (χ2n) is 9.28. The minimum Gasteiger partial charge on any atom is -0.508 e. The van der Waals surface area contributed by atoms with Gasteiger partial charge in [0.15, 0.2) is 0 Å². The third-order valence-electron chi connectivity index (χ3n) is 7.01. The molecule has 1 aromatic carbocycles. The van der Waals surface area contributed by atoms with Crippen LogP contribution in [0.4, 0.5) is 0 Å². The number of phenolic OH excluding ortho intramolecular Hbond substituents is 1. The van der Waals surface area contributed by atoms with E-state index in [4.69, 9.17) is 14.2 Å². The number of nitrogens with one attached hydrogen (secondary N) is 3. The molecule has 2 saturated heterocycles. The second-order valence-corrected chi connectivity index (χ2v) is 9.28. The Kier molecular flexibility index (Phi) is 7.00. The molecule has 4 rings (SSSR count). The SMILES string of the molecule is CN[C@@H]1[C@H](O)[C@H](NC)C2O[C@]3(O)C(OC2[C@H]1O)O[C@H](C)C[C@@]3(O)CNCc1cccc(O)c1. The van der Waals surface area contributed by atoms with Gasteiger partial charge in [-0.25, -0.2) is 0 Å². The van der Waals surface area contributed by atoms with Crippen LogP contribution in [0.2, 0.25) is 0 Å². The van der Waals surface area contributed by atoms with Crippen molar-refractivity contribution in [3.05, 3.63) is 29.8 Å². The lowest BCUT2D eigenvalue weighted by atomic mass is 9.77. The average molecular weight is 470 g/mol. The van der Waals surface area contributed by atoms with Crippen LogP contribution in [-0.4, -0.2) is 106 Å². The summed E-state index contributed by atoms with van der Waals surface area (Å²) < 4.78 is 17.9. The van der Waals surface area contributed by atoms with Gasteiger partial charge in [0.25, 0.3) is 0 Å². The Morgan fingerprint density at radius 2 is 1.76 bits per heavy atom. The van der Waals surface area contributed by atoms with Crippen LogP contribution in [0.1, 0.15) is 18.9 Å². The molecule has 1 aromatic rings. The lowest BCUT2D eigenvalue weighted by Crippen LogP contribution is -2.81. The maximum absolute atomic E-state index is 11.6. The van der Waals surface area contributed by atoms with Crippen LogP contribution >= 0.6 is 0 Å². The number of likely N-dealkylation sites (N-methyl/N-ethyl adjacent to an activating group) is 2. The van der Waals surface area contributed by atoms with E-state index in [-0.39, 0.29) is 18.7 Å². The van der Waals surface area contributed by atoms with E-state index in [2.05, 4.69) is 16.0 Å². The van der Waals surface area contributed by atoms with Gasteiger partial charge < -0.3 is 55.7 Å². The molecule has 1 saturated carbocycles. The Morgan fingerprint density at radius 1 is 1.03 bits per heavy atom. The van der Waals surface area contributed by atoms with Gasteiger partial charge in [-0.3, -0.25) is 0 Å². The fourth-order valence-electron chi connectivity index (χ4n) is 5.31. The molecule has 0 aromatic heterocycles. The van der Waals surface area contributed by atoms with E-state index < -0.39 is 60.3 Å². The molecule has 3 fully saturated rings. The molecular weight excluding hydrogens is 434 g/mol. The van der Waals surface area contributed by atoms with Crippen molar-refractivity contribution in [1.82, 2.24) is 16.0 Å². The van der Waals surface area contributed by atoms with Crippen molar-refractivity contribution in [1.29, 1.82) is 0 Å². The van der Waals surface area contributed by atoms with E-state index in [1.54, 1.807) is 39.2 Å². The van der Waals surface area contributed by atoms with Gasteiger partial charge in [-0.05, 0) is 38.7 Å². The summed E-state index contributed by atoms with van der Waals surface area (Å²) in [5.74, 6) is -2.12. The molecule has 0 radical (unpaired) electrons. The van der Waals surface area contributed by atoms with Crippen molar-refractivity contribution >= 4 is 0 Å². The molecule has 8 N–H and O–H groups in total. The van der Waals surface area contributed by atoms with Crippen molar-refractivity contribution in [2.24, 2.45) is 0 Å². The van der Waals surface area contributed by atoms with Crippen LogP contribution in [-0.2, 0) is 20.8 Å². The van der Waals surface area contributed by atoms with Crippen molar-refractivity contribution in [2.75, 3.05) is 20.6 Å². The fourth-order valence-corrected chi connectivity index (χ4v) is 5.31. The predicted molar refractivity (Wildman–Crippen MR) is 116 cm³/mol. The molecule has 33 heavy (non-hydrogen) atoms. The smallest absolute Gasteiger partial charge is 0.249 e. The third-order valence-corrected chi connectivity index (χ3v) is 7.01. The van der Waals surface area contributed by atoms with Crippen molar-refractivity contribution in [2.45, 2.75) is 80.2 Å². The highest BCUT2D eigenvalue weighted by Gasteiger charge is 2.68. The van der Waals surface area contributed by atoms with Crippen LogP contribution in [0.25, 0.3) is 0 Å². The monoisotopic (exact) mass is 469 g/mol. The highest BCUT2D eigenvalue weighted by Crippen LogP contribution is 2.46. The summed E-state index contributed by atoms with van der Waals surface area (Å²) in [5.41, 5.74) is -0.999. The Morgan fingerprint density at radius 3 is 2.42 bits per heavy atom. The first-order chi connectivity index (χ1) is 15.6. The quantitative estimate of drug-likeness (QED) is 0.227. The lowest BCUT2D eigenvalue weighted by molar-refractivity contribution is -0.482.